The zero-order chi connectivity index (χ0) is 58.7. The molecule has 18 nitrogen and oxygen atoms in total. The molecule has 83 heavy (non-hydrogen) atoms. The molecule has 452 valence electrons. The van der Waals surface area contributed by atoms with Crippen molar-refractivity contribution in [2.45, 2.75) is 63.6 Å². The molecule has 4 saturated heterocycles. The summed E-state index contributed by atoms with van der Waals surface area (Å²) >= 11 is 12.6. The third-order valence-corrected chi connectivity index (χ3v) is 14.4. The number of amides is 5. The second-order valence-electron chi connectivity index (χ2n) is 22.2. The Morgan fingerprint density at radius 2 is 0.988 bits per heavy atom. The van der Waals surface area contributed by atoms with Crippen molar-refractivity contribution in [3.63, 3.8) is 0 Å². The zero-order valence-corrected chi connectivity index (χ0v) is 51.4. The van der Waals surface area contributed by atoms with Crippen molar-refractivity contribution in [3.05, 3.63) is 129 Å². The molecular weight excluding hydrogens is 1160 g/mol. The fourth-order valence-corrected chi connectivity index (χ4v) is 10.9. The highest BCUT2D eigenvalue weighted by molar-refractivity contribution is 6.33. The van der Waals surface area contributed by atoms with Gasteiger partial charge in [0, 0.05) is 100 Å². The number of nitrogens with zero attached hydrogens (tertiary/aromatic N) is 7. The molecule has 4 fully saturated rings. The molecule has 4 aliphatic rings. The van der Waals surface area contributed by atoms with Gasteiger partial charge in [0.25, 0.3) is 0 Å². The van der Waals surface area contributed by atoms with E-state index in [1.54, 1.807) is 95.6 Å². The molecule has 5 amide bonds. The van der Waals surface area contributed by atoms with Crippen LogP contribution in [-0.2, 0) is 37.0 Å². The number of methoxy groups -OCH3 is 2. The van der Waals surface area contributed by atoms with Crippen LogP contribution >= 0.6 is 48.0 Å². The Balaban J connectivity index is 0.000000301. The number of benzene rings is 4. The predicted molar refractivity (Wildman–Crippen MR) is 326 cm³/mol. The van der Waals surface area contributed by atoms with Gasteiger partial charge in [0.05, 0.1) is 61.5 Å². The van der Waals surface area contributed by atoms with Gasteiger partial charge in [0.15, 0.2) is 0 Å². The third-order valence-electron chi connectivity index (χ3n) is 13.8. The van der Waals surface area contributed by atoms with Crippen molar-refractivity contribution in [2.75, 3.05) is 118 Å². The molecule has 0 aliphatic carbocycles. The second kappa shape index (κ2) is 30.7. The smallest absolute Gasteiger partial charge is 0.410 e. The summed E-state index contributed by atoms with van der Waals surface area (Å²) in [7, 11) is 10.2. The summed E-state index contributed by atoms with van der Waals surface area (Å²) in [6, 6.07) is 19.0. The maximum atomic E-state index is 13.8. The summed E-state index contributed by atoms with van der Waals surface area (Å²) in [5, 5.41) is 9.85. The van der Waals surface area contributed by atoms with Crippen LogP contribution in [0, 0.1) is 11.6 Å². The van der Waals surface area contributed by atoms with E-state index in [4.69, 9.17) is 37.4 Å². The van der Waals surface area contributed by atoms with E-state index in [9.17, 15) is 32.8 Å². The van der Waals surface area contributed by atoms with Crippen LogP contribution in [0.3, 0.4) is 0 Å². The van der Waals surface area contributed by atoms with Gasteiger partial charge in [-0.15, -0.1) is 24.8 Å². The van der Waals surface area contributed by atoms with Gasteiger partial charge in [-0.25, -0.2) is 13.6 Å². The quantitative estimate of drug-likeness (QED) is 0.0928. The lowest BCUT2D eigenvalue weighted by Gasteiger charge is -2.52. The normalized spacial score (nSPS) is 18.9. The van der Waals surface area contributed by atoms with Crippen molar-refractivity contribution in [1.29, 1.82) is 0 Å². The lowest BCUT2D eigenvalue weighted by molar-refractivity contribution is -0.141. The minimum Gasteiger partial charge on any atom is -0.495 e. The topological polar surface area (TPSA) is 172 Å². The molecule has 0 aromatic heterocycles. The average molecular weight is 1230 g/mol. The minimum absolute atomic E-state index is 0. The van der Waals surface area contributed by atoms with Crippen LogP contribution in [0.1, 0.15) is 43.0 Å². The Labute approximate surface area is 507 Å². The van der Waals surface area contributed by atoms with Crippen molar-refractivity contribution in [1.82, 2.24) is 39.6 Å². The Morgan fingerprint density at radius 3 is 1.35 bits per heavy atom. The van der Waals surface area contributed by atoms with Crippen LogP contribution in [0.25, 0.3) is 12.2 Å². The van der Waals surface area contributed by atoms with Crippen LogP contribution in [0.5, 0.6) is 11.5 Å². The number of fused-ring (bicyclic) bond motifs is 4. The lowest BCUT2D eigenvalue weighted by atomic mass is 9.99. The molecule has 4 bridgehead atoms. The number of carbonyl (C=O) groups is 5. The van der Waals surface area contributed by atoms with Gasteiger partial charge in [-0.2, -0.15) is 0 Å². The number of piperazine rings is 4. The van der Waals surface area contributed by atoms with E-state index in [0.29, 0.717) is 96.4 Å². The number of likely N-dealkylation sites (N-methyl/N-ethyl adjacent to an activating group) is 2. The Hall–Kier alpha value is -6.07. The number of rotatable bonds is 16. The standard InChI is InChI=1S/C32H41ClFN5O5.C27H33ClFN5O3.2ClH/c1-32(2,3)44-31(42)38-18-24-16-37(15-21-7-10-23(34)11-8-21)17-25(19-38)39(24)30(41)12-9-22-13-28(43-6)26(33)14-27(22)35-29(40)20-36(4)5;1-32(2)17-26(35)31-24-11-23(28)25(37-3)10-19(24)6-9-27(36)34-21-12-30-13-22(34)16-33(15-21)14-18-4-7-20(29)8-5-18;;/h7-14,24-25H,15-20H2,1-6H3,(H,35,40);4-11,21-22,30H,12-17H2,1-3H3,(H,31,35);2*1H/b12-9+;9-6+;;. The molecule has 4 unspecified atom stereocenters. The fourth-order valence-electron chi connectivity index (χ4n) is 10.4. The third kappa shape index (κ3) is 19.2. The van der Waals surface area contributed by atoms with Crippen LogP contribution in [0.15, 0.2) is 84.9 Å². The first-order valence-electron chi connectivity index (χ1n) is 26.7. The van der Waals surface area contributed by atoms with Gasteiger partial charge in [-0.05, 0) is 121 Å². The first-order chi connectivity index (χ1) is 38.4. The molecule has 0 radical (unpaired) electrons. The SMILES string of the molecule is COc1cc(/C=C/C(=O)N2C3CN(Cc4ccc(F)cc4)CC2CN(C(=O)OC(C)(C)C)C3)c(NC(=O)CN(C)C)cc1Cl.COc1cc(/C=C/C(=O)N2C3CNCC2CN(Cc2ccc(F)cc2)C3)c(NC(=O)CN(C)C)cc1Cl.Cl.Cl. The molecule has 4 heterocycles. The largest absolute Gasteiger partial charge is 0.495 e. The Bertz CT molecular complexity index is 2920. The summed E-state index contributed by atoms with van der Waals surface area (Å²) in [6.45, 7) is 11.7. The number of nitrogens with one attached hydrogen (secondary N) is 3. The highest BCUT2D eigenvalue weighted by Gasteiger charge is 2.45. The van der Waals surface area contributed by atoms with Gasteiger partial charge in [-0.1, -0.05) is 47.5 Å². The Morgan fingerprint density at radius 1 is 0.614 bits per heavy atom. The second-order valence-corrected chi connectivity index (χ2v) is 23.0. The molecule has 4 aromatic carbocycles. The summed E-state index contributed by atoms with van der Waals surface area (Å²) in [5.74, 6) is -0.401. The maximum absolute atomic E-state index is 13.8. The molecule has 0 spiro atoms. The fraction of sp³-hybridized carbons (Fsp3) is 0.441. The van der Waals surface area contributed by atoms with E-state index in [0.717, 1.165) is 24.2 Å². The highest BCUT2D eigenvalue weighted by Crippen LogP contribution is 2.35. The number of anilines is 2. The Kier molecular flexibility index (Phi) is 25.0. The molecule has 24 heteroatoms. The van der Waals surface area contributed by atoms with Crippen molar-refractivity contribution in [3.8, 4) is 11.5 Å². The van der Waals surface area contributed by atoms with E-state index in [-0.39, 0.29) is 97.3 Å². The lowest BCUT2D eigenvalue weighted by Crippen LogP contribution is -2.70. The minimum atomic E-state index is -0.643. The van der Waals surface area contributed by atoms with Gasteiger partial charge in [0.1, 0.15) is 28.7 Å². The van der Waals surface area contributed by atoms with Gasteiger partial charge < -0.3 is 54.7 Å². The van der Waals surface area contributed by atoms with E-state index >= 15 is 0 Å². The maximum Gasteiger partial charge on any atom is 0.410 e. The number of hydrogen-bond acceptors (Lipinski definition) is 13. The molecule has 4 atom stereocenters. The monoisotopic (exact) mass is 1230 g/mol. The van der Waals surface area contributed by atoms with E-state index in [1.165, 1.54) is 44.6 Å². The van der Waals surface area contributed by atoms with Crippen LogP contribution in [0.4, 0.5) is 25.0 Å². The summed E-state index contributed by atoms with van der Waals surface area (Å²) in [4.78, 5) is 78.6. The van der Waals surface area contributed by atoms with E-state index in [1.807, 2.05) is 44.7 Å². The summed E-state index contributed by atoms with van der Waals surface area (Å²) in [6.07, 6.45) is 5.95. The van der Waals surface area contributed by atoms with Crippen molar-refractivity contribution >= 4 is 101 Å². The molecule has 4 aliphatic heterocycles. The first kappa shape index (κ1) is 67.7. The first-order valence-corrected chi connectivity index (χ1v) is 27.5. The average Bonchev–Trinajstić information content (AvgIpc) is 3.55. The zero-order valence-electron chi connectivity index (χ0n) is 48.3. The molecule has 0 saturated carbocycles. The number of hydrogen-bond donors (Lipinski definition) is 3. The predicted octanol–water partition coefficient (Wildman–Crippen LogP) is 7.86. The van der Waals surface area contributed by atoms with Crippen molar-refractivity contribution < 1.29 is 47.0 Å². The number of carbonyl (C=O) groups excluding carboxylic acids is 5. The molecular formula is C59H76Cl4F2N10O8. The number of ether oxygens (including phenoxy) is 3. The van der Waals surface area contributed by atoms with Gasteiger partial charge in [0.2, 0.25) is 23.6 Å². The van der Waals surface area contributed by atoms with Crippen LogP contribution in [-0.4, -0.2) is 202 Å². The molecule has 8 rings (SSSR count). The molecule has 4 aromatic rings. The molecule has 3 N–H and O–H groups in total. The van der Waals surface area contributed by atoms with Gasteiger partial charge in [-0.3, -0.25) is 29.0 Å². The van der Waals surface area contributed by atoms with Crippen molar-refractivity contribution in [2.24, 2.45) is 0 Å². The summed E-state index contributed by atoms with van der Waals surface area (Å²) < 4.78 is 43.1. The highest BCUT2D eigenvalue weighted by atomic mass is 35.5. The summed E-state index contributed by atoms with van der Waals surface area (Å²) in [5.41, 5.74) is 3.51. The van der Waals surface area contributed by atoms with Gasteiger partial charge >= 0.3 is 6.09 Å². The van der Waals surface area contributed by atoms with Crippen LogP contribution in [0.2, 0.25) is 10.0 Å². The van der Waals surface area contributed by atoms with Crippen LogP contribution < -0.4 is 25.4 Å². The van der Waals surface area contributed by atoms with E-state index < -0.39 is 11.7 Å². The van der Waals surface area contributed by atoms with E-state index in [2.05, 4.69) is 25.8 Å². The number of halogens is 6.